The number of piperidine rings is 1. The molecule has 1 aliphatic heterocycles. The quantitative estimate of drug-likeness (QED) is 0.770. The van der Waals surface area contributed by atoms with Gasteiger partial charge in [0.25, 0.3) is 0 Å². The van der Waals surface area contributed by atoms with E-state index in [0.717, 1.165) is 46.8 Å². The molecule has 0 aliphatic carbocycles. The van der Waals surface area contributed by atoms with Crippen LogP contribution in [0.15, 0.2) is 48.7 Å². The van der Waals surface area contributed by atoms with Gasteiger partial charge in [0.2, 0.25) is 5.91 Å². The number of nitrogens with zero attached hydrogens (tertiary/aromatic N) is 3. The summed E-state index contributed by atoms with van der Waals surface area (Å²) in [5.41, 5.74) is 4.70. The summed E-state index contributed by atoms with van der Waals surface area (Å²) in [6.07, 6.45) is 5.61. The molecule has 0 atom stereocenters. The minimum atomic E-state index is -0.0716. The SMILES string of the molecule is CC(=O)Nc1cccc(-c2ccc3ncc(N4CCCCC4)nc3c2)c1. The van der Waals surface area contributed by atoms with Crippen LogP contribution in [0.2, 0.25) is 0 Å². The van der Waals surface area contributed by atoms with Gasteiger partial charge in [-0.15, -0.1) is 0 Å². The lowest BCUT2D eigenvalue weighted by atomic mass is 10.0. The largest absolute Gasteiger partial charge is 0.355 e. The van der Waals surface area contributed by atoms with E-state index in [0.29, 0.717) is 0 Å². The molecule has 0 radical (unpaired) electrons. The number of rotatable bonds is 3. The molecular formula is C21H22N4O. The second-order valence-corrected chi connectivity index (χ2v) is 6.74. The summed E-state index contributed by atoms with van der Waals surface area (Å²) in [6, 6.07) is 14.0. The van der Waals surface area contributed by atoms with Crippen LogP contribution < -0.4 is 10.2 Å². The smallest absolute Gasteiger partial charge is 0.221 e. The maximum Gasteiger partial charge on any atom is 0.221 e. The van der Waals surface area contributed by atoms with Crippen molar-refractivity contribution >= 4 is 28.4 Å². The molecule has 1 fully saturated rings. The fraction of sp³-hybridized carbons (Fsp3) is 0.286. The van der Waals surface area contributed by atoms with Crippen LogP contribution in [0, 0.1) is 0 Å². The van der Waals surface area contributed by atoms with Gasteiger partial charge in [0.1, 0.15) is 5.82 Å². The molecular weight excluding hydrogens is 324 g/mol. The van der Waals surface area contributed by atoms with Crippen molar-refractivity contribution in [1.82, 2.24) is 9.97 Å². The predicted octanol–water partition coefficient (Wildman–Crippen LogP) is 4.25. The standard InChI is InChI=1S/C21H22N4O/c1-15(26)23-18-7-5-6-16(12-18)17-8-9-19-20(13-17)24-21(14-22-19)25-10-3-2-4-11-25/h5-9,12-14H,2-4,10-11H2,1H3,(H,23,26). The van der Waals surface area contributed by atoms with Crippen molar-refractivity contribution in [2.75, 3.05) is 23.3 Å². The van der Waals surface area contributed by atoms with Crippen LogP contribution in [0.5, 0.6) is 0 Å². The summed E-state index contributed by atoms with van der Waals surface area (Å²) in [4.78, 5) is 23.0. The molecule has 2 aromatic carbocycles. The Morgan fingerprint density at radius 2 is 1.81 bits per heavy atom. The van der Waals surface area contributed by atoms with Gasteiger partial charge in [0.05, 0.1) is 17.2 Å². The van der Waals surface area contributed by atoms with E-state index in [2.05, 4.69) is 21.3 Å². The molecule has 1 aromatic heterocycles. The molecule has 4 rings (SSSR count). The first-order valence-corrected chi connectivity index (χ1v) is 9.09. The highest BCUT2D eigenvalue weighted by Crippen LogP contribution is 2.26. The number of fused-ring (bicyclic) bond motifs is 1. The lowest BCUT2D eigenvalue weighted by molar-refractivity contribution is -0.114. The molecule has 0 unspecified atom stereocenters. The Labute approximate surface area is 153 Å². The normalized spacial score (nSPS) is 14.4. The zero-order valence-corrected chi connectivity index (χ0v) is 14.9. The Bertz CT molecular complexity index is 948. The van der Waals surface area contributed by atoms with E-state index in [4.69, 9.17) is 4.98 Å². The number of amides is 1. The van der Waals surface area contributed by atoms with Crippen molar-refractivity contribution in [3.63, 3.8) is 0 Å². The Morgan fingerprint density at radius 3 is 2.62 bits per heavy atom. The molecule has 2 heterocycles. The van der Waals surface area contributed by atoms with Crippen LogP contribution in [0.4, 0.5) is 11.5 Å². The number of carbonyl (C=O) groups excluding carboxylic acids is 1. The average Bonchev–Trinajstić information content (AvgIpc) is 2.67. The van der Waals surface area contributed by atoms with E-state index in [9.17, 15) is 4.79 Å². The zero-order valence-electron chi connectivity index (χ0n) is 14.9. The van der Waals surface area contributed by atoms with Gasteiger partial charge in [0, 0.05) is 25.7 Å². The Hall–Kier alpha value is -2.95. The lowest BCUT2D eigenvalue weighted by Crippen LogP contribution is -2.30. The molecule has 1 amide bonds. The molecule has 26 heavy (non-hydrogen) atoms. The lowest BCUT2D eigenvalue weighted by Gasteiger charge is -2.27. The van der Waals surface area contributed by atoms with Crippen molar-refractivity contribution in [3.8, 4) is 11.1 Å². The third-order valence-electron chi connectivity index (χ3n) is 4.73. The predicted molar refractivity (Wildman–Crippen MR) is 105 cm³/mol. The van der Waals surface area contributed by atoms with Gasteiger partial charge < -0.3 is 10.2 Å². The minimum absolute atomic E-state index is 0.0716. The molecule has 0 bridgehead atoms. The molecule has 1 aliphatic rings. The molecule has 5 nitrogen and oxygen atoms in total. The van der Waals surface area contributed by atoms with E-state index >= 15 is 0 Å². The average molecular weight is 346 g/mol. The Kier molecular flexibility index (Phi) is 4.52. The second-order valence-electron chi connectivity index (χ2n) is 6.74. The van der Waals surface area contributed by atoms with Gasteiger partial charge in [-0.25, -0.2) is 4.98 Å². The summed E-state index contributed by atoms with van der Waals surface area (Å²) < 4.78 is 0. The first kappa shape index (κ1) is 16.5. The summed E-state index contributed by atoms with van der Waals surface area (Å²) in [7, 11) is 0. The molecule has 0 saturated carbocycles. The number of hydrogen-bond donors (Lipinski definition) is 1. The van der Waals surface area contributed by atoms with Gasteiger partial charge in [-0.1, -0.05) is 18.2 Å². The van der Waals surface area contributed by atoms with Crippen molar-refractivity contribution < 1.29 is 4.79 Å². The molecule has 132 valence electrons. The Morgan fingerprint density at radius 1 is 1.00 bits per heavy atom. The van der Waals surface area contributed by atoms with Crippen molar-refractivity contribution in [3.05, 3.63) is 48.7 Å². The van der Waals surface area contributed by atoms with Crippen LogP contribution in [-0.2, 0) is 4.79 Å². The van der Waals surface area contributed by atoms with Gasteiger partial charge in [0.15, 0.2) is 0 Å². The number of aromatic nitrogens is 2. The van der Waals surface area contributed by atoms with Crippen LogP contribution in [0.3, 0.4) is 0 Å². The van der Waals surface area contributed by atoms with E-state index in [-0.39, 0.29) is 5.91 Å². The second kappa shape index (κ2) is 7.12. The van der Waals surface area contributed by atoms with Gasteiger partial charge in [-0.2, -0.15) is 0 Å². The number of anilines is 2. The highest BCUT2D eigenvalue weighted by Gasteiger charge is 2.13. The third kappa shape index (κ3) is 3.52. The summed E-state index contributed by atoms with van der Waals surface area (Å²) in [5.74, 6) is 0.888. The first-order chi connectivity index (χ1) is 12.7. The molecule has 0 spiro atoms. The molecule has 1 saturated heterocycles. The van der Waals surface area contributed by atoms with Crippen LogP contribution >= 0.6 is 0 Å². The topological polar surface area (TPSA) is 58.1 Å². The van der Waals surface area contributed by atoms with Crippen LogP contribution in [-0.4, -0.2) is 29.0 Å². The molecule has 1 N–H and O–H groups in total. The van der Waals surface area contributed by atoms with Gasteiger partial charge in [-0.05, 0) is 54.7 Å². The van der Waals surface area contributed by atoms with Crippen molar-refractivity contribution in [2.45, 2.75) is 26.2 Å². The first-order valence-electron chi connectivity index (χ1n) is 9.09. The fourth-order valence-corrected chi connectivity index (χ4v) is 3.44. The highest BCUT2D eigenvalue weighted by atomic mass is 16.1. The highest BCUT2D eigenvalue weighted by molar-refractivity contribution is 5.90. The summed E-state index contributed by atoms with van der Waals surface area (Å²) >= 11 is 0. The fourth-order valence-electron chi connectivity index (χ4n) is 3.44. The number of benzene rings is 2. The van der Waals surface area contributed by atoms with Crippen molar-refractivity contribution in [1.29, 1.82) is 0 Å². The van der Waals surface area contributed by atoms with E-state index < -0.39 is 0 Å². The van der Waals surface area contributed by atoms with Crippen LogP contribution in [0.25, 0.3) is 22.2 Å². The van der Waals surface area contributed by atoms with Crippen LogP contribution in [0.1, 0.15) is 26.2 Å². The van der Waals surface area contributed by atoms with Crippen molar-refractivity contribution in [2.24, 2.45) is 0 Å². The van der Waals surface area contributed by atoms with Gasteiger partial charge >= 0.3 is 0 Å². The Balaban J connectivity index is 1.69. The van der Waals surface area contributed by atoms with E-state index in [1.54, 1.807) is 0 Å². The molecule has 3 aromatic rings. The minimum Gasteiger partial charge on any atom is -0.355 e. The van der Waals surface area contributed by atoms with E-state index in [1.165, 1.54) is 26.2 Å². The number of carbonyl (C=O) groups is 1. The summed E-state index contributed by atoms with van der Waals surface area (Å²) in [5, 5.41) is 2.83. The third-order valence-corrected chi connectivity index (χ3v) is 4.73. The van der Waals surface area contributed by atoms with E-state index in [1.807, 2.05) is 42.6 Å². The monoisotopic (exact) mass is 346 g/mol. The maximum atomic E-state index is 11.3. The molecule has 5 heteroatoms. The van der Waals surface area contributed by atoms with Gasteiger partial charge in [-0.3, -0.25) is 9.78 Å². The number of nitrogens with one attached hydrogen (secondary N) is 1. The maximum absolute atomic E-state index is 11.3. The summed E-state index contributed by atoms with van der Waals surface area (Å²) in [6.45, 7) is 3.62. The number of hydrogen-bond acceptors (Lipinski definition) is 4. The zero-order chi connectivity index (χ0) is 17.9.